The Morgan fingerprint density at radius 3 is 2.53 bits per heavy atom. The zero-order valence-electron chi connectivity index (χ0n) is 17.8. The molecule has 0 amide bonds. The lowest BCUT2D eigenvalue weighted by Crippen LogP contribution is -2.43. The molecule has 0 radical (unpaired) electrons. The molecule has 0 saturated heterocycles. The summed E-state index contributed by atoms with van der Waals surface area (Å²) in [5, 5.41) is 3.29. The van der Waals surface area contributed by atoms with Crippen LogP contribution in [0.3, 0.4) is 0 Å². The van der Waals surface area contributed by atoms with E-state index in [1.54, 1.807) is 25.1 Å². The van der Waals surface area contributed by atoms with Gasteiger partial charge in [0, 0.05) is 29.5 Å². The number of hydrogen-bond donors (Lipinski definition) is 1. The minimum Gasteiger partial charge on any atom is -0.343 e. The van der Waals surface area contributed by atoms with Crippen LogP contribution in [0.25, 0.3) is 0 Å². The van der Waals surface area contributed by atoms with Crippen LogP contribution < -0.4 is 5.32 Å². The molecule has 30 heavy (non-hydrogen) atoms. The second kappa shape index (κ2) is 6.48. The maximum absolute atomic E-state index is 14.6. The first-order valence-corrected chi connectivity index (χ1v) is 11.7. The highest BCUT2D eigenvalue weighted by molar-refractivity contribution is 7.90. The van der Waals surface area contributed by atoms with Gasteiger partial charge in [0.15, 0.2) is 15.6 Å². The highest BCUT2D eigenvalue weighted by atomic mass is 32.2. The Morgan fingerprint density at radius 1 is 1.17 bits per heavy atom. The van der Waals surface area contributed by atoms with Crippen molar-refractivity contribution in [1.29, 1.82) is 0 Å². The Morgan fingerprint density at radius 2 is 1.87 bits per heavy atom. The Hall–Kier alpha value is -2.54. The topological polar surface area (TPSA) is 76.1 Å². The molecular formula is C23H25FN2O3S. The van der Waals surface area contributed by atoms with Gasteiger partial charge in [-0.2, -0.15) is 0 Å². The van der Waals surface area contributed by atoms with Gasteiger partial charge in [-0.05, 0) is 48.9 Å². The van der Waals surface area contributed by atoms with E-state index in [0.29, 0.717) is 40.9 Å². The third-order valence-electron chi connectivity index (χ3n) is 6.26. The Kier molecular flexibility index (Phi) is 4.47. The van der Waals surface area contributed by atoms with Crippen LogP contribution in [0, 0.1) is 18.2 Å². The van der Waals surface area contributed by atoms with E-state index in [1.165, 1.54) is 12.3 Å². The summed E-state index contributed by atoms with van der Waals surface area (Å²) in [5.41, 5.74) is 1.69. The summed E-state index contributed by atoms with van der Waals surface area (Å²) in [7, 11) is -3.45. The molecule has 1 aromatic heterocycles. The molecule has 1 atom stereocenters. The van der Waals surface area contributed by atoms with E-state index in [9.17, 15) is 17.6 Å². The fourth-order valence-electron chi connectivity index (χ4n) is 4.89. The molecule has 1 N–H and O–H groups in total. The third kappa shape index (κ3) is 3.07. The molecule has 5 nitrogen and oxygen atoms in total. The Labute approximate surface area is 176 Å². The number of ketones is 1. The first-order chi connectivity index (χ1) is 13.8. The summed E-state index contributed by atoms with van der Waals surface area (Å²) >= 11 is 0. The molecule has 0 unspecified atom stereocenters. The minimum atomic E-state index is -3.45. The molecule has 0 spiro atoms. The molecular weight excluding hydrogens is 403 g/mol. The third-order valence-corrected chi connectivity index (χ3v) is 7.37. The summed E-state index contributed by atoms with van der Waals surface area (Å²) in [6, 6.07) is 6.58. The van der Waals surface area contributed by atoms with E-state index in [-0.39, 0.29) is 16.1 Å². The number of carbonyl (C=O) groups excluding carboxylic acids is 1. The van der Waals surface area contributed by atoms with Crippen LogP contribution in [0.4, 0.5) is 10.2 Å². The van der Waals surface area contributed by atoms with Crippen LogP contribution >= 0.6 is 0 Å². The van der Waals surface area contributed by atoms with Crippen molar-refractivity contribution in [1.82, 2.24) is 4.98 Å². The van der Waals surface area contributed by atoms with E-state index in [1.807, 2.05) is 20.8 Å². The van der Waals surface area contributed by atoms with E-state index >= 15 is 0 Å². The number of benzene rings is 1. The predicted molar refractivity (Wildman–Crippen MR) is 114 cm³/mol. The number of nitrogens with one attached hydrogen (secondary N) is 1. The largest absolute Gasteiger partial charge is 0.343 e. The number of carbonyl (C=O) groups is 1. The van der Waals surface area contributed by atoms with Crippen LogP contribution in [0.5, 0.6) is 0 Å². The van der Waals surface area contributed by atoms with Crippen molar-refractivity contribution in [3.05, 3.63) is 64.2 Å². The lowest BCUT2D eigenvalue weighted by molar-refractivity contribution is -0.118. The summed E-state index contributed by atoms with van der Waals surface area (Å²) < 4.78 is 39.0. The summed E-state index contributed by atoms with van der Waals surface area (Å²) in [6.45, 7) is 7.61. The number of pyridine rings is 1. The zero-order valence-corrected chi connectivity index (χ0v) is 18.6. The molecule has 7 heteroatoms. The van der Waals surface area contributed by atoms with Crippen molar-refractivity contribution in [2.24, 2.45) is 5.41 Å². The van der Waals surface area contributed by atoms with Gasteiger partial charge < -0.3 is 5.32 Å². The maximum Gasteiger partial charge on any atom is 0.175 e. The second-order valence-corrected chi connectivity index (χ2v) is 11.3. The average Bonchev–Trinajstić information content (AvgIpc) is 2.62. The first kappa shape index (κ1) is 20.7. The SMILES string of the molecule is Cc1c(F)cnc2c1[C@@](C)(c1cccc(S(C)(=O)=O)c1)C1=C(CC(C)(C)CC1=O)N2. The van der Waals surface area contributed by atoms with Gasteiger partial charge >= 0.3 is 0 Å². The Balaban J connectivity index is 2.09. The number of hydrogen-bond acceptors (Lipinski definition) is 5. The van der Waals surface area contributed by atoms with Crippen LogP contribution in [0.15, 0.2) is 46.6 Å². The van der Waals surface area contributed by atoms with Crippen molar-refractivity contribution >= 4 is 21.4 Å². The molecule has 0 bridgehead atoms. The molecule has 1 aliphatic heterocycles. The molecule has 2 heterocycles. The van der Waals surface area contributed by atoms with Crippen LogP contribution in [-0.4, -0.2) is 25.4 Å². The van der Waals surface area contributed by atoms with E-state index in [0.717, 1.165) is 12.0 Å². The molecule has 0 fully saturated rings. The van der Waals surface area contributed by atoms with Gasteiger partial charge in [0.05, 0.1) is 16.5 Å². The standard InChI is InChI=1S/C23H25FN2O3S/c1-13-16(24)12-25-21-19(13)23(4,14-7-6-8-15(9-14)30(5,28)29)20-17(26-21)10-22(2,3)11-18(20)27/h6-9,12H,10-11H2,1-5H3,(H,25,26)/t23-/m1/s1. The van der Waals surface area contributed by atoms with E-state index < -0.39 is 21.1 Å². The van der Waals surface area contributed by atoms with Crippen molar-refractivity contribution in [2.45, 2.75) is 50.8 Å². The number of fused-ring (bicyclic) bond motifs is 1. The number of aromatic nitrogens is 1. The van der Waals surface area contributed by atoms with Gasteiger partial charge in [0.1, 0.15) is 11.6 Å². The summed E-state index contributed by atoms with van der Waals surface area (Å²) in [6.07, 6.45) is 3.34. The van der Waals surface area contributed by atoms with E-state index in [2.05, 4.69) is 10.3 Å². The maximum atomic E-state index is 14.6. The number of rotatable bonds is 2. The van der Waals surface area contributed by atoms with Crippen molar-refractivity contribution in [2.75, 3.05) is 11.6 Å². The van der Waals surface area contributed by atoms with Gasteiger partial charge in [0.25, 0.3) is 0 Å². The van der Waals surface area contributed by atoms with Gasteiger partial charge in [0.2, 0.25) is 0 Å². The highest BCUT2D eigenvalue weighted by Gasteiger charge is 2.49. The first-order valence-electron chi connectivity index (χ1n) is 9.84. The normalized spacial score (nSPS) is 22.9. The quantitative estimate of drug-likeness (QED) is 0.772. The van der Waals surface area contributed by atoms with Crippen LogP contribution in [0.1, 0.15) is 50.3 Å². The Bertz CT molecular complexity index is 1230. The fourth-order valence-corrected chi connectivity index (χ4v) is 5.56. The summed E-state index contributed by atoms with van der Waals surface area (Å²) in [5.74, 6) is 0.0226. The van der Waals surface area contributed by atoms with Crippen LogP contribution in [0.2, 0.25) is 0 Å². The zero-order chi connectivity index (χ0) is 22.1. The average molecular weight is 429 g/mol. The predicted octanol–water partition coefficient (Wildman–Crippen LogP) is 4.31. The summed E-state index contributed by atoms with van der Waals surface area (Å²) in [4.78, 5) is 17.8. The molecule has 0 saturated carbocycles. The number of allylic oxidation sites excluding steroid dienone is 2. The lowest BCUT2D eigenvalue weighted by Gasteiger charge is -2.45. The number of Topliss-reactive ketones (excluding diaryl/α,β-unsaturated/α-hetero) is 1. The highest BCUT2D eigenvalue weighted by Crippen LogP contribution is 2.53. The number of halogens is 1. The van der Waals surface area contributed by atoms with Crippen molar-refractivity contribution < 1.29 is 17.6 Å². The van der Waals surface area contributed by atoms with E-state index in [4.69, 9.17) is 0 Å². The second-order valence-electron chi connectivity index (χ2n) is 9.30. The fraction of sp³-hybridized carbons (Fsp3) is 0.391. The molecule has 4 rings (SSSR count). The molecule has 1 aliphatic carbocycles. The minimum absolute atomic E-state index is 0.0182. The molecule has 158 valence electrons. The van der Waals surface area contributed by atoms with Gasteiger partial charge in [-0.3, -0.25) is 4.79 Å². The lowest BCUT2D eigenvalue weighted by atomic mass is 9.61. The van der Waals surface area contributed by atoms with Crippen molar-refractivity contribution in [3.8, 4) is 0 Å². The number of anilines is 1. The number of sulfone groups is 1. The van der Waals surface area contributed by atoms with Gasteiger partial charge in [-0.15, -0.1) is 0 Å². The smallest absolute Gasteiger partial charge is 0.175 e. The molecule has 1 aromatic carbocycles. The molecule has 2 aromatic rings. The monoisotopic (exact) mass is 428 g/mol. The van der Waals surface area contributed by atoms with Crippen LogP contribution in [-0.2, 0) is 20.0 Å². The van der Waals surface area contributed by atoms with Gasteiger partial charge in [-0.1, -0.05) is 26.0 Å². The number of nitrogens with zero attached hydrogens (tertiary/aromatic N) is 1. The van der Waals surface area contributed by atoms with Gasteiger partial charge in [-0.25, -0.2) is 17.8 Å². The van der Waals surface area contributed by atoms with Crippen molar-refractivity contribution in [3.63, 3.8) is 0 Å². The molecule has 2 aliphatic rings.